The molecule has 0 saturated carbocycles. The predicted molar refractivity (Wildman–Crippen MR) is 83.4 cm³/mol. The maximum Gasteiger partial charge on any atom is 0.137 e. The van der Waals surface area contributed by atoms with Crippen LogP contribution in [0.2, 0.25) is 10.0 Å². The zero-order chi connectivity index (χ0) is 14.3. The van der Waals surface area contributed by atoms with E-state index in [-0.39, 0.29) is 0 Å². The van der Waals surface area contributed by atoms with Gasteiger partial charge in [-0.25, -0.2) is 0 Å². The predicted octanol–water partition coefficient (Wildman–Crippen LogP) is 5.10. The lowest BCUT2D eigenvalue weighted by Crippen LogP contribution is -2.11. The normalized spacial score (nSPS) is 12.8. The highest BCUT2D eigenvalue weighted by Gasteiger charge is 2.18. The van der Waals surface area contributed by atoms with Crippen LogP contribution in [0.4, 0.5) is 0 Å². The Bertz CT molecular complexity index is 779. The smallest absolute Gasteiger partial charge is 0.137 e. The minimum Gasteiger partial charge on any atom is -0.459 e. The number of rotatable bonds is 2. The molecule has 0 saturated heterocycles. The molecule has 1 heterocycles. The number of furan rings is 1. The van der Waals surface area contributed by atoms with Gasteiger partial charge >= 0.3 is 0 Å². The molecule has 2 N–H and O–H groups in total. The highest BCUT2D eigenvalue weighted by molar-refractivity contribution is 6.42. The van der Waals surface area contributed by atoms with Crippen molar-refractivity contribution < 1.29 is 4.42 Å². The molecule has 20 heavy (non-hydrogen) atoms. The first kappa shape index (κ1) is 13.5. The van der Waals surface area contributed by atoms with Gasteiger partial charge < -0.3 is 10.2 Å². The van der Waals surface area contributed by atoms with E-state index in [1.807, 2.05) is 43.3 Å². The number of fused-ring (bicyclic) bond motifs is 1. The van der Waals surface area contributed by atoms with Gasteiger partial charge in [-0.15, -0.1) is 0 Å². The molecule has 0 aliphatic carbocycles. The lowest BCUT2D eigenvalue weighted by molar-refractivity contribution is 0.523. The van der Waals surface area contributed by atoms with Gasteiger partial charge in [-0.3, -0.25) is 0 Å². The summed E-state index contributed by atoms with van der Waals surface area (Å²) in [7, 11) is 0. The molecule has 0 spiro atoms. The van der Waals surface area contributed by atoms with Crippen LogP contribution in [0.15, 0.2) is 46.9 Å². The first-order valence-corrected chi connectivity index (χ1v) is 7.02. The monoisotopic (exact) mass is 305 g/mol. The summed E-state index contributed by atoms with van der Waals surface area (Å²) >= 11 is 12.2. The van der Waals surface area contributed by atoms with E-state index < -0.39 is 6.04 Å². The van der Waals surface area contributed by atoms with Crippen LogP contribution in [-0.2, 0) is 0 Å². The Morgan fingerprint density at radius 2 is 1.85 bits per heavy atom. The van der Waals surface area contributed by atoms with E-state index >= 15 is 0 Å². The molecule has 1 unspecified atom stereocenters. The number of aryl methyl sites for hydroxylation is 1. The molecule has 0 fully saturated rings. The van der Waals surface area contributed by atoms with E-state index in [4.69, 9.17) is 33.4 Å². The second-order valence-corrected chi connectivity index (χ2v) is 5.55. The molecular weight excluding hydrogens is 293 g/mol. The fourth-order valence-electron chi connectivity index (χ4n) is 2.30. The number of hydrogen-bond donors (Lipinski definition) is 1. The second-order valence-electron chi connectivity index (χ2n) is 4.76. The lowest BCUT2D eigenvalue weighted by atomic mass is 10.1. The molecule has 0 radical (unpaired) electrons. The van der Waals surface area contributed by atoms with Gasteiger partial charge in [-0.1, -0.05) is 53.5 Å². The third-order valence-corrected chi connectivity index (χ3v) is 4.22. The van der Waals surface area contributed by atoms with Crippen molar-refractivity contribution in [2.75, 3.05) is 0 Å². The maximum atomic E-state index is 6.26. The number of hydrogen-bond acceptors (Lipinski definition) is 2. The topological polar surface area (TPSA) is 39.2 Å². The molecule has 2 aromatic carbocycles. The van der Waals surface area contributed by atoms with Crippen LogP contribution in [0, 0.1) is 6.92 Å². The summed E-state index contributed by atoms with van der Waals surface area (Å²) in [6.45, 7) is 2.01. The van der Waals surface area contributed by atoms with E-state index in [1.165, 1.54) is 0 Å². The summed E-state index contributed by atoms with van der Waals surface area (Å²) < 4.78 is 5.88. The summed E-state index contributed by atoms with van der Waals surface area (Å²) in [6, 6.07) is 12.9. The maximum absolute atomic E-state index is 6.26. The van der Waals surface area contributed by atoms with Crippen LogP contribution in [0.5, 0.6) is 0 Å². The number of benzene rings is 2. The molecule has 3 rings (SSSR count). The zero-order valence-electron chi connectivity index (χ0n) is 10.9. The van der Waals surface area contributed by atoms with Crippen molar-refractivity contribution in [3.05, 3.63) is 69.4 Å². The lowest BCUT2D eigenvalue weighted by Gasteiger charge is -2.11. The Labute approximate surface area is 127 Å². The van der Waals surface area contributed by atoms with Crippen molar-refractivity contribution in [1.29, 1.82) is 0 Å². The van der Waals surface area contributed by atoms with Crippen LogP contribution in [-0.4, -0.2) is 0 Å². The number of para-hydroxylation sites is 1. The van der Waals surface area contributed by atoms with Gasteiger partial charge in [0.1, 0.15) is 11.3 Å². The Kier molecular flexibility index (Phi) is 3.47. The van der Waals surface area contributed by atoms with E-state index in [0.717, 1.165) is 22.1 Å². The van der Waals surface area contributed by atoms with Gasteiger partial charge in [-0.2, -0.15) is 0 Å². The van der Waals surface area contributed by atoms with Crippen molar-refractivity contribution in [3.63, 3.8) is 0 Å². The summed E-state index contributed by atoms with van der Waals surface area (Å²) in [5.74, 6) is 0.679. The first-order valence-electron chi connectivity index (χ1n) is 6.26. The summed E-state index contributed by atoms with van der Waals surface area (Å²) in [6.07, 6.45) is 0. The van der Waals surface area contributed by atoms with Crippen molar-refractivity contribution in [2.24, 2.45) is 5.73 Å². The summed E-state index contributed by atoms with van der Waals surface area (Å²) in [4.78, 5) is 0. The van der Waals surface area contributed by atoms with Gasteiger partial charge in [0.15, 0.2) is 0 Å². The number of nitrogens with two attached hydrogens (primary N) is 1. The molecule has 1 aromatic heterocycles. The third kappa shape index (κ3) is 2.20. The second kappa shape index (κ2) is 5.13. The minimum atomic E-state index is -0.437. The van der Waals surface area contributed by atoms with Crippen LogP contribution < -0.4 is 5.73 Å². The summed E-state index contributed by atoms with van der Waals surface area (Å²) in [5.41, 5.74) is 8.96. The average molecular weight is 306 g/mol. The first-order chi connectivity index (χ1) is 9.58. The van der Waals surface area contributed by atoms with Crippen molar-refractivity contribution in [1.82, 2.24) is 0 Å². The minimum absolute atomic E-state index is 0.437. The van der Waals surface area contributed by atoms with Gasteiger partial charge in [-0.05, 0) is 30.2 Å². The molecule has 1 atom stereocenters. The quantitative estimate of drug-likeness (QED) is 0.715. The van der Waals surface area contributed by atoms with Crippen LogP contribution in [0.25, 0.3) is 11.0 Å². The Morgan fingerprint density at radius 1 is 1.10 bits per heavy atom. The fraction of sp³-hybridized carbons (Fsp3) is 0.125. The largest absolute Gasteiger partial charge is 0.459 e. The van der Waals surface area contributed by atoms with Crippen LogP contribution >= 0.6 is 23.2 Å². The van der Waals surface area contributed by atoms with Crippen molar-refractivity contribution >= 4 is 34.2 Å². The molecule has 0 aliphatic rings. The zero-order valence-corrected chi connectivity index (χ0v) is 12.4. The van der Waals surface area contributed by atoms with E-state index in [1.54, 1.807) is 6.07 Å². The van der Waals surface area contributed by atoms with Gasteiger partial charge in [0.05, 0.1) is 16.1 Å². The average Bonchev–Trinajstić information content (AvgIpc) is 2.87. The van der Waals surface area contributed by atoms with Crippen LogP contribution in [0.1, 0.15) is 22.9 Å². The molecule has 3 aromatic rings. The SMILES string of the molecule is Cc1cccc2cc(C(N)c3cccc(Cl)c3Cl)oc12. The van der Waals surface area contributed by atoms with Gasteiger partial charge in [0.25, 0.3) is 0 Å². The molecule has 102 valence electrons. The Hall–Kier alpha value is -1.48. The molecule has 0 aliphatic heterocycles. The molecular formula is C16H13Cl2NO. The van der Waals surface area contributed by atoms with Gasteiger partial charge in [0.2, 0.25) is 0 Å². The van der Waals surface area contributed by atoms with E-state index in [9.17, 15) is 0 Å². The van der Waals surface area contributed by atoms with Crippen LogP contribution in [0.3, 0.4) is 0 Å². The highest BCUT2D eigenvalue weighted by Crippen LogP contribution is 2.34. The molecule has 0 bridgehead atoms. The molecule has 0 amide bonds. The number of halogens is 2. The molecule has 4 heteroatoms. The highest BCUT2D eigenvalue weighted by atomic mass is 35.5. The third-order valence-electron chi connectivity index (χ3n) is 3.38. The fourth-order valence-corrected chi connectivity index (χ4v) is 2.72. The molecule has 2 nitrogen and oxygen atoms in total. The van der Waals surface area contributed by atoms with Crippen molar-refractivity contribution in [3.8, 4) is 0 Å². The van der Waals surface area contributed by atoms with E-state index in [0.29, 0.717) is 15.8 Å². The Balaban J connectivity index is 2.10. The Morgan fingerprint density at radius 3 is 2.60 bits per heavy atom. The summed E-state index contributed by atoms with van der Waals surface area (Å²) in [5, 5.41) is 2.00. The van der Waals surface area contributed by atoms with Gasteiger partial charge in [0, 0.05) is 5.39 Å². The standard InChI is InChI=1S/C16H13Cl2NO/c1-9-4-2-5-10-8-13(20-16(9)10)15(19)11-6-3-7-12(17)14(11)18/h2-8,15H,19H2,1H3. The van der Waals surface area contributed by atoms with Crippen molar-refractivity contribution in [2.45, 2.75) is 13.0 Å². The van der Waals surface area contributed by atoms with E-state index in [2.05, 4.69) is 0 Å².